The summed E-state index contributed by atoms with van der Waals surface area (Å²) in [4.78, 5) is 23.1. The number of non-ortho nitro benzene ring substituents is 1. The maximum atomic E-state index is 12.6. The van der Waals surface area contributed by atoms with Gasteiger partial charge in [-0.15, -0.1) is 0 Å². The predicted molar refractivity (Wildman–Crippen MR) is 137 cm³/mol. The van der Waals surface area contributed by atoms with Crippen LogP contribution in [0.25, 0.3) is 21.7 Å². The second-order valence-corrected chi connectivity index (χ2v) is 8.05. The van der Waals surface area contributed by atoms with Crippen molar-refractivity contribution in [3.63, 3.8) is 0 Å². The van der Waals surface area contributed by atoms with Crippen LogP contribution in [-0.2, 0) is 6.61 Å². The summed E-state index contributed by atoms with van der Waals surface area (Å²) in [6.45, 7) is 0.181. The van der Waals surface area contributed by atoms with Gasteiger partial charge >= 0.3 is 5.91 Å². The average Bonchev–Trinajstić information content (AvgIpc) is 3.36. The molecule has 0 saturated heterocycles. The summed E-state index contributed by atoms with van der Waals surface area (Å²) in [6, 6.07) is 26.3. The minimum atomic E-state index is -0.610. The van der Waals surface area contributed by atoms with Crippen LogP contribution in [-0.4, -0.2) is 17.0 Å². The molecule has 0 saturated carbocycles. The Labute approximate surface area is 210 Å². The first-order chi connectivity index (χ1) is 18.0. The number of hydrogen-bond donors (Lipinski definition) is 1. The van der Waals surface area contributed by atoms with Crippen molar-refractivity contribution in [2.45, 2.75) is 6.61 Å². The van der Waals surface area contributed by atoms with Gasteiger partial charge in [0.15, 0.2) is 5.76 Å². The zero-order valence-corrected chi connectivity index (χ0v) is 19.3. The molecule has 9 heteroatoms. The molecule has 0 spiro atoms. The highest BCUT2D eigenvalue weighted by Gasteiger charge is 2.15. The SMILES string of the molecule is N#Cc1ccccc1COc1ccc2ccccc2c1/C=N\NC(=O)c1cc2cc([N+](=O)[O-])ccc2o1. The average molecular weight is 490 g/mol. The number of benzene rings is 4. The van der Waals surface area contributed by atoms with Crippen molar-refractivity contribution >= 4 is 39.6 Å². The smallest absolute Gasteiger partial charge is 0.307 e. The second kappa shape index (κ2) is 10.0. The number of nitrogens with zero attached hydrogens (tertiary/aromatic N) is 3. The number of carbonyl (C=O) groups is 1. The lowest BCUT2D eigenvalue weighted by Gasteiger charge is -2.12. The number of ether oxygens (including phenoxy) is 1. The molecule has 4 aromatic carbocycles. The zero-order valence-electron chi connectivity index (χ0n) is 19.3. The number of hydrogen-bond acceptors (Lipinski definition) is 7. The number of fused-ring (bicyclic) bond motifs is 2. The molecule has 0 bridgehead atoms. The van der Waals surface area contributed by atoms with Crippen LogP contribution in [0.4, 0.5) is 5.69 Å². The van der Waals surface area contributed by atoms with E-state index in [9.17, 15) is 20.2 Å². The predicted octanol–water partition coefficient (Wildman–Crippen LogP) is 5.71. The van der Waals surface area contributed by atoms with Gasteiger partial charge in [-0.05, 0) is 35.0 Å². The van der Waals surface area contributed by atoms with E-state index in [-0.39, 0.29) is 18.1 Å². The normalized spacial score (nSPS) is 11.0. The van der Waals surface area contributed by atoms with E-state index in [0.29, 0.717) is 27.8 Å². The third-order valence-corrected chi connectivity index (χ3v) is 5.75. The van der Waals surface area contributed by atoms with Crippen LogP contribution in [0.1, 0.15) is 27.2 Å². The quantitative estimate of drug-likeness (QED) is 0.177. The van der Waals surface area contributed by atoms with Gasteiger partial charge < -0.3 is 9.15 Å². The van der Waals surface area contributed by atoms with Crippen molar-refractivity contribution in [3.05, 3.63) is 117 Å². The number of carbonyl (C=O) groups excluding carboxylic acids is 1. The Kier molecular flexibility index (Phi) is 6.30. The lowest BCUT2D eigenvalue weighted by atomic mass is 10.0. The molecule has 0 radical (unpaired) electrons. The highest BCUT2D eigenvalue weighted by molar-refractivity contribution is 6.03. The van der Waals surface area contributed by atoms with Crippen LogP contribution in [0.3, 0.4) is 0 Å². The molecule has 1 heterocycles. The Morgan fingerprint density at radius 3 is 2.70 bits per heavy atom. The Morgan fingerprint density at radius 2 is 1.86 bits per heavy atom. The van der Waals surface area contributed by atoms with E-state index in [0.717, 1.165) is 16.3 Å². The number of amides is 1. The van der Waals surface area contributed by atoms with Crippen LogP contribution >= 0.6 is 0 Å². The van der Waals surface area contributed by atoms with Crippen molar-refractivity contribution in [1.82, 2.24) is 5.43 Å². The minimum Gasteiger partial charge on any atom is -0.488 e. The summed E-state index contributed by atoms with van der Waals surface area (Å²) in [5, 5.41) is 26.7. The third kappa shape index (κ3) is 4.85. The molecule has 0 unspecified atom stereocenters. The molecule has 180 valence electrons. The fourth-order valence-electron chi connectivity index (χ4n) is 3.91. The van der Waals surface area contributed by atoms with Crippen molar-refractivity contribution in [2.24, 2.45) is 5.10 Å². The van der Waals surface area contributed by atoms with E-state index in [4.69, 9.17) is 9.15 Å². The fraction of sp³-hybridized carbons (Fsp3) is 0.0357. The standard InChI is InChI=1S/C28H18N4O5/c29-15-19-6-1-2-7-20(19)17-36-26-11-9-18-5-3-4-8-23(18)24(26)16-30-31-28(33)27-14-21-13-22(32(34)35)10-12-25(21)37-27/h1-14,16H,17H2,(H,31,33)/b30-16-. The molecule has 1 aromatic heterocycles. The van der Waals surface area contributed by atoms with Gasteiger partial charge in [-0.1, -0.05) is 48.5 Å². The molecule has 9 nitrogen and oxygen atoms in total. The van der Waals surface area contributed by atoms with Gasteiger partial charge in [0.25, 0.3) is 5.69 Å². The van der Waals surface area contributed by atoms with E-state index in [1.54, 1.807) is 12.1 Å². The molecule has 0 aliphatic carbocycles. The number of hydrazone groups is 1. The molecule has 37 heavy (non-hydrogen) atoms. The van der Waals surface area contributed by atoms with Crippen molar-refractivity contribution in [3.8, 4) is 11.8 Å². The molecule has 1 amide bonds. The van der Waals surface area contributed by atoms with E-state index >= 15 is 0 Å². The number of furan rings is 1. The van der Waals surface area contributed by atoms with E-state index in [1.807, 2.05) is 48.5 Å². The number of rotatable bonds is 7. The molecule has 0 aliphatic heterocycles. The highest BCUT2D eigenvalue weighted by atomic mass is 16.6. The van der Waals surface area contributed by atoms with Crippen molar-refractivity contribution in [1.29, 1.82) is 5.26 Å². The number of nitrogens with one attached hydrogen (secondary N) is 1. The molecular formula is C28H18N4O5. The zero-order chi connectivity index (χ0) is 25.8. The van der Waals surface area contributed by atoms with Crippen molar-refractivity contribution < 1.29 is 18.9 Å². The van der Waals surface area contributed by atoms with Crippen LogP contribution in [0.5, 0.6) is 5.75 Å². The Morgan fingerprint density at radius 1 is 1.05 bits per heavy atom. The van der Waals surface area contributed by atoms with E-state index in [2.05, 4.69) is 16.6 Å². The van der Waals surface area contributed by atoms with Crippen LogP contribution in [0.15, 0.2) is 94.4 Å². The Bertz CT molecular complexity index is 1730. The molecular weight excluding hydrogens is 472 g/mol. The second-order valence-electron chi connectivity index (χ2n) is 8.05. The summed E-state index contributed by atoms with van der Waals surface area (Å²) >= 11 is 0. The van der Waals surface area contributed by atoms with Gasteiger partial charge in [-0.25, -0.2) is 5.43 Å². The molecule has 0 fully saturated rings. The van der Waals surface area contributed by atoms with Gasteiger partial charge in [0, 0.05) is 28.6 Å². The summed E-state index contributed by atoms with van der Waals surface area (Å²) < 4.78 is 11.6. The Hall–Kier alpha value is -5.49. The van der Waals surface area contributed by atoms with Gasteiger partial charge in [-0.3, -0.25) is 14.9 Å². The molecule has 0 atom stereocenters. The number of nitro benzene ring substituents is 1. The van der Waals surface area contributed by atoms with Crippen LogP contribution in [0.2, 0.25) is 0 Å². The largest absolute Gasteiger partial charge is 0.488 e. The topological polar surface area (TPSA) is 131 Å². The highest BCUT2D eigenvalue weighted by Crippen LogP contribution is 2.28. The maximum Gasteiger partial charge on any atom is 0.307 e. The lowest BCUT2D eigenvalue weighted by Crippen LogP contribution is -2.16. The van der Waals surface area contributed by atoms with Gasteiger partial charge in [0.1, 0.15) is 17.9 Å². The number of nitriles is 1. The summed E-state index contributed by atoms with van der Waals surface area (Å²) in [5.74, 6) is -0.114. The van der Waals surface area contributed by atoms with Crippen LogP contribution in [0, 0.1) is 21.4 Å². The van der Waals surface area contributed by atoms with Gasteiger partial charge in [-0.2, -0.15) is 10.4 Å². The molecule has 1 N–H and O–H groups in total. The summed E-state index contributed by atoms with van der Waals surface area (Å²) in [6.07, 6.45) is 1.49. The molecule has 0 aliphatic rings. The van der Waals surface area contributed by atoms with E-state index in [1.165, 1.54) is 30.5 Å². The summed E-state index contributed by atoms with van der Waals surface area (Å²) in [7, 11) is 0. The van der Waals surface area contributed by atoms with E-state index < -0.39 is 10.8 Å². The maximum absolute atomic E-state index is 12.6. The Balaban J connectivity index is 1.39. The third-order valence-electron chi connectivity index (χ3n) is 5.75. The fourth-order valence-corrected chi connectivity index (χ4v) is 3.91. The molecule has 5 aromatic rings. The lowest BCUT2D eigenvalue weighted by molar-refractivity contribution is -0.384. The van der Waals surface area contributed by atoms with Crippen LogP contribution < -0.4 is 10.2 Å². The minimum absolute atomic E-state index is 0.0323. The monoisotopic (exact) mass is 490 g/mol. The molecule has 5 rings (SSSR count). The van der Waals surface area contributed by atoms with Gasteiger partial charge in [0.2, 0.25) is 0 Å². The first-order valence-corrected chi connectivity index (χ1v) is 11.2. The first-order valence-electron chi connectivity index (χ1n) is 11.2. The van der Waals surface area contributed by atoms with Crippen molar-refractivity contribution in [2.75, 3.05) is 0 Å². The first kappa shape index (κ1) is 23.3. The van der Waals surface area contributed by atoms with Gasteiger partial charge in [0.05, 0.1) is 22.8 Å². The number of nitro groups is 1. The summed E-state index contributed by atoms with van der Waals surface area (Å²) in [5.41, 5.74) is 4.61.